The molecule has 4 aromatic rings. The van der Waals surface area contributed by atoms with E-state index in [0.717, 1.165) is 37.6 Å². The number of halogens is 4. The predicted octanol–water partition coefficient (Wildman–Crippen LogP) is 8.19. The Morgan fingerprint density at radius 1 is 1.12 bits per heavy atom. The van der Waals surface area contributed by atoms with Gasteiger partial charge in [-0.25, -0.2) is 27.1 Å². The molecular formula is C34H37F4N5. The van der Waals surface area contributed by atoms with E-state index in [0.29, 0.717) is 35.3 Å². The van der Waals surface area contributed by atoms with Crippen LogP contribution in [0.2, 0.25) is 0 Å². The zero-order valence-corrected chi connectivity index (χ0v) is 25.0. The average molecular weight is 592 g/mol. The third kappa shape index (κ3) is 6.66. The lowest BCUT2D eigenvalue weighted by molar-refractivity contribution is 0.0137. The molecule has 0 radical (unpaired) electrons. The first kappa shape index (κ1) is 31.5. The molecule has 0 amide bonds. The Labute approximate surface area is 250 Å². The summed E-state index contributed by atoms with van der Waals surface area (Å²) in [6.07, 6.45) is 5.69. The van der Waals surface area contributed by atoms with E-state index in [4.69, 9.17) is 0 Å². The van der Waals surface area contributed by atoms with E-state index in [9.17, 15) is 17.6 Å². The summed E-state index contributed by atoms with van der Waals surface area (Å²) in [6, 6.07) is 9.63. The van der Waals surface area contributed by atoms with Crippen molar-refractivity contribution in [1.82, 2.24) is 25.2 Å². The van der Waals surface area contributed by atoms with E-state index >= 15 is 0 Å². The van der Waals surface area contributed by atoms with Gasteiger partial charge in [0.1, 0.15) is 5.82 Å². The van der Waals surface area contributed by atoms with E-state index in [1.807, 2.05) is 6.92 Å². The minimum Gasteiger partial charge on any atom is -0.380 e. The largest absolute Gasteiger partial charge is 0.380 e. The number of hydrogen-bond acceptors (Lipinski definition) is 4. The Hall–Kier alpha value is -4.40. The van der Waals surface area contributed by atoms with Crippen molar-refractivity contribution >= 4 is 17.0 Å². The number of allylic oxidation sites excluding steroid dienone is 1. The molecule has 1 aliphatic rings. The van der Waals surface area contributed by atoms with Gasteiger partial charge in [-0.15, -0.1) is 6.58 Å². The predicted molar refractivity (Wildman–Crippen MR) is 164 cm³/mol. The normalized spacial score (nSPS) is 14.1. The number of alkyl halides is 2. The molecule has 2 heterocycles. The second kappa shape index (κ2) is 12.9. The zero-order valence-electron chi connectivity index (χ0n) is 25.0. The van der Waals surface area contributed by atoms with E-state index in [1.54, 1.807) is 12.1 Å². The number of aryl methyl sites for hydroxylation is 1. The van der Waals surface area contributed by atoms with Gasteiger partial charge in [-0.2, -0.15) is 5.10 Å². The first-order valence-corrected chi connectivity index (χ1v) is 14.2. The number of rotatable bonds is 9. The molecule has 1 aliphatic carbocycles. The molecule has 226 valence electrons. The van der Waals surface area contributed by atoms with E-state index in [1.165, 1.54) is 32.8 Å². The highest BCUT2D eigenvalue weighted by Crippen LogP contribution is 2.36. The maximum absolute atomic E-state index is 14.6. The lowest BCUT2D eigenvalue weighted by Crippen LogP contribution is -2.20. The molecule has 5 rings (SSSR count). The van der Waals surface area contributed by atoms with Gasteiger partial charge in [0.25, 0.3) is 5.92 Å². The molecule has 5 nitrogen and oxygen atoms in total. The van der Waals surface area contributed by atoms with Gasteiger partial charge in [-0.1, -0.05) is 44.4 Å². The average Bonchev–Trinajstić information content (AvgIpc) is 3.55. The Bertz CT molecular complexity index is 1680. The molecule has 0 bridgehead atoms. The van der Waals surface area contributed by atoms with Crippen LogP contribution in [0.4, 0.5) is 17.6 Å². The third-order valence-electron chi connectivity index (χ3n) is 7.59. The highest BCUT2D eigenvalue weighted by atomic mass is 19.3. The summed E-state index contributed by atoms with van der Waals surface area (Å²) < 4.78 is 57.5. The molecule has 0 aliphatic heterocycles. The van der Waals surface area contributed by atoms with Crippen molar-refractivity contribution in [3.05, 3.63) is 125 Å². The van der Waals surface area contributed by atoms with Gasteiger partial charge in [0.15, 0.2) is 11.5 Å². The van der Waals surface area contributed by atoms with Crippen LogP contribution in [0, 0.1) is 18.6 Å². The number of benzene rings is 2. The first-order chi connectivity index (χ1) is 20.4. The molecular weight excluding hydrogens is 554 g/mol. The lowest BCUT2D eigenvalue weighted by atomic mass is 9.96. The van der Waals surface area contributed by atoms with Gasteiger partial charge < -0.3 is 10.6 Å². The standard InChI is InChI=1S/C31H31F4N5.C3H6/c1-6-21-8-9-23-22(17(21)2)10-12-27(23)38-19(4)29-14-28(39-30-26(33)16-37-40(29)30)18(3)36-15-20-7-11-25(32)24(13-20)31(5,34)35;1-3-2/h7-9,11,13-14,16,27,36,38H,3-4,6,10,12,15H2,1-2,5H3;3H,1H2,2H3. The van der Waals surface area contributed by atoms with Gasteiger partial charge in [0.05, 0.1) is 40.6 Å². The number of hydrogen-bond donors (Lipinski definition) is 2. The Balaban J connectivity index is 0.00000135. The van der Waals surface area contributed by atoms with Crippen LogP contribution in [0.15, 0.2) is 68.4 Å². The smallest absolute Gasteiger partial charge is 0.273 e. The summed E-state index contributed by atoms with van der Waals surface area (Å²) in [7, 11) is 0. The van der Waals surface area contributed by atoms with Crippen molar-refractivity contribution in [1.29, 1.82) is 0 Å². The highest BCUT2D eigenvalue weighted by molar-refractivity contribution is 5.68. The third-order valence-corrected chi connectivity index (χ3v) is 7.59. The van der Waals surface area contributed by atoms with Gasteiger partial charge in [0, 0.05) is 13.5 Å². The van der Waals surface area contributed by atoms with Crippen LogP contribution in [-0.2, 0) is 25.3 Å². The summed E-state index contributed by atoms with van der Waals surface area (Å²) in [5.41, 5.74) is 6.75. The van der Waals surface area contributed by atoms with Gasteiger partial charge in [-0.05, 0) is 79.1 Å². The molecule has 1 unspecified atom stereocenters. The van der Waals surface area contributed by atoms with Crippen LogP contribution in [0.3, 0.4) is 0 Å². The Morgan fingerprint density at radius 2 is 1.84 bits per heavy atom. The van der Waals surface area contributed by atoms with E-state index in [2.05, 4.69) is 66.4 Å². The van der Waals surface area contributed by atoms with Crippen molar-refractivity contribution < 1.29 is 17.6 Å². The lowest BCUT2D eigenvalue weighted by Gasteiger charge is -2.20. The summed E-state index contributed by atoms with van der Waals surface area (Å²) >= 11 is 0. The van der Waals surface area contributed by atoms with E-state index in [-0.39, 0.29) is 18.2 Å². The van der Waals surface area contributed by atoms with Crippen LogP contribution in [0.5, 0.6) is 0 Å². The van der Waals surface area contributed by atoms with Crippen molar-refractivity contribution in [3.8, 4) is 0 Å². The van der Waals surface area contributed by atoms with Crippen LogP contribution >= 0.6 is 0 Å². The fourth-order valence-electron chi connectivity index (χ4n) is 5.37. The van der Waals surface area contributed by atoms with Crippen LogP contribution in [0.1, 0.15) is 78.0 Å². The maximum atomic E-state index is 14.6. The number of aromatic nitrogens is 3. The fraction of sp³-hybridized carbons (Fsp3) is 0.294. The summed E-state index contributed by atoms with van der Waals surface area (Å²) in [5.74, 6) is -4.90. The molecule has 0 saturated heterocycles. The summed E-state index contributed by atoms with van der Waals surface area (Å²) in [4.78, 5) is 4.37. The molecule has 0 saturated carbocycles. The Morgan fingerprint density at radius 3 is 2.51 bits per heavy atom. The van der Waals surface area contributed by atoms with Crippen LogP contribution in [-0.4, -0.2) is 14.6 Å². The molecule has 1 atom stereocenters. The number of nitrogens with one attached hydrogen (secondary N) is 2. The molecule has 0 fully saturated rings. The van der Waals surface area contributed by atoms with E-state index < -0.39 is 23.1 Å². The number of fused-ring (bicyclic) bond motifs is 2. The van der Waals surface area contributed by atoms with Crippen LogP contribution < -0.4 is 10.6 Å². The highest BCUT2D eigenvalue weighted by Gasteiger charge is 2.29. The van der Waals surface area contributed by atoms with Gasteiger partial charge >= 0.3 is 0 Å². The molecule has 0 spiro atoms. The zero-order chi connectivity index (χ0) is 31.5. The topological polar surface area (TPSA) is 54.2 Å². The molecule has 9 heteroatoms. The minimum absolute atomic E-state index is 0.00310. The molecule has 43 heavy (non-hydrogen) atoms. The number of nitrogens with zero attached hydrogens (tertiary/aromatic N) is 3. The monoisotopic (exact) mass is 591 g/mol. The Kier molecular flexibility index (Phi) is 9.43. The first-order valence-electron chi connectivity index (χ1n) is 14.2. The molecule has 2 aromatic carbocycles. The van der Waals surface area contributed by atoms with Crippen molar-refractivity contribution in [2.24, 2.45) is 0 Å². The molecule has 2 N–H and O–H groups in total. The van der Waals surface area contributed by atoms with Gasteiger partial charge in [0.2, 0.25) is 0 Å². The second-order valence-corrected chi connectivity index (χ2v) is 10.7. The summed E-state index contributed by atoms with van der Waals surface area (Å²) in [5, 5.41) is 10.7. The molecule has 2 aromatic heterocycles. The van der Waals surface area contributed by atoms with Crippen molar-refractivity contribution in [2.75, 3.05) is 0 Å². The fourth-order valence-corrected chi connectivity index (χ4v) is 5.37. The van der Waals surface area contributed by atoms with Crippen LogP contribution in [0.25, 0.3) is 17.0 Å². The van der Waals surface area contributed by atoms with Crippen molar-refractivity contribution in [3.63, 3.8) is 0 Å². The maximum Gasteiger partial charge on any atom is 0.273 e. The second-order valence-electron chi connectivity index (χ2n) is 10.7. The SMILES string of the molecule is C=C(NCc1ccc(F)c(C(C)(F)F)c1)c1cc(C(=C)NC2CCc3c2ccc(CC)c3C)n2ncc(F)c2n1.C=CC. The summed E-state index contributed by atoms with van der Waals surface area (Å²) in [6.45, 7) is 18.5. The minimum atomic E-state index is -3.32. The van der Waals surface area contributed by atoms with Crippen molar-refractivity contribution in [2.45, 2.75) is 65.5 Å². The quantitative estimate of drug-likeness (QED) is 0.152. The van der Waals surface area contributed by atoms with Gasteiger partial charge in [-0.3, -0.25) is 0 Å².